The number of esters is 3. The van der Waals surface area contributed by atoms with E-state index in [2.05, 4.69) is 0 Å². The van der Waals surface area contributed by atoms with Gasteiger partial charge in [-0.05, 0) is 24.6 Å². The highest BCUT2D eigenvalue weighted by Crippen LogP contribution is 2.43. The molecule has 6 heteroatoms. The van der Waals surface area contributed by atoms with Crippen molar-refractivity contribution >= 4 is 17.9 Å². The van der Waals surface area contributed by atoms with Crippen LogP contribution in [0.25, 0.3) is 0 Å². The Labute approximate surface area is 134 Å². The van der Waals surface area contributed by atoms with Crippen LogP contribution in [0.5, 0.6) is 5.75 Å². The predicted octanol–water partition coefficient (Wildman–Crippen LogP) is 2.78. The molecule has 6 nitrogen and oxygen atoms in total. The molecule has 0 spiro atoms. The SMILES string of the molecule is CC(=O)Oc1cccc2c1C(OC(C)=O)C=C(C)C2OC(C)=O. The van der Waals surface area contributed by atoms with Gasteiger partial charge in [0.2, 0.25) is 0 Å². The summed E-state index contributed by atoms with van der Waals surface area (Å²) in [5.41, 5.74) is 1.87. The maximum atomic E-state index is 11.4. The van der Waals surface area contributed by atoms with Gasteiger partial charge in [-0.1, -0.05) is 12.1 Å². The third-order valence-electron chi connectivity index (χ3n) is 3.33. The maximum absolute atomic E-state index is 11.4. The van der Waals surface area contributed by atoms with E-state index in [4.69, 9.17) is 14.2 Å². The third-order valence-corrected chi connectivity index (χ3v) is 3.33. The van der Waals surface area contributed by atoms with E-state index in [-0.39, 0.29) is 5.75 Å². The van der Waals surface area contributed by atoms with Crippen LogP contribution in [-0.2, 0) is 23.9 Å². The minimum atomic E-state index is -0.704. The van der Waals surface area contributed by atoms with E-state index in [1.165, 1.54) is 20.8 Å². The second-order valence-electron chi connectivity index (χ2n) is 5.28. The van der Waals surface area contributed by atoms with E-state index >= 15 is 0 Å². The van der Waals surface area contributed by atoms with E-state index in [1.807, 2.05) is 0 Å². The summed E-state index contributed by atoms with van der Waals surface area (Å²) in [6.07, 6.45) is 0.374. The second kappa shape index (κ2) is 6.64. The maximum Gasteiger partial charge on any atom is 0.308 e. The first-order valence-corrected chi connectivity index (χ1v) is 7.13. The standard InChI is InChI=1S/C17H18O6/c1-9-8-15(22-11(3)19)16-13(17(9)23-12(4)20)6-5-7-14(16)21-10(2)18/h5-8,15,17H,1-4H3. The molecule has 1 aromatic carbocycles. The molecule has 2 unspecified atom stereocenters. The van der Waals surface area contributed by atoms with E-state index in [0.29, 0.717) is 11.1 Å². The molecule has 0 amide bonds. The fourth-order valence-electron chi connectivity index (χ4n) is 2.59. The molecular formula is C17H18O6. The van der Waals surface area contributed by atoms with E-state index < -0.39 is 30.1 Å². The molecular weight excluding hydrogens is 300 g/mol. The molecule has 122 valence electrons. The Morgan fingerprint density at radius 2 is 1.61 bits per heavy atom. The number of fused-ring (bicyclic) bond motifs is 1. The lowest BCUT2D eigenvalue weighted by Crippen LogP contribution is -2.21. The summed E-state index contributed by atoms with van der Waals surface area (Å²) in [5, 5.41) is 0. The van der Waals surface area contributed by atoms with Gasteiger partial charge >= 0.3 is 17.9 Å². The summed E-state index contributed by atoms with van der Waals surface area (Å²) >= 11 is 0. The van der Waals surface area contributed by atoms with Crippen molar-refractivity contribution in [2.24, 2.45) is 0 Å². The van der Waals surface area contributed by atoms with E-state index in [1.54, 1.807) is 31.2 Å². The van der Waals surface area contributed by atoms with Crippen molar-refractivity contribution in [1.29, 1.82) is 0 Å². The number of carbonyl (C=O) groups excluding carboxylic acids is 3. The van der Waals surface area contributed by atoms with Crippen molar-refractivity contribution < 1.29 is 28.6 Å². The summed E-state index contributed by atoms with van der Waals surface area (Å²) in [4.78, 5) is 34.1. The van der Waals surface area contributed by atoms with Gasteiger partial charge in [-0.3, -0.25) is 14.4 Å². The number of rotatable bonds is 3. The van der Waals surface area contributed by atoms with Gasteiger partial charge in [0.25, 0.3) is 0 Å². The van der Waals surface area contributed by atoms with E-state index in [9.17, 15) is 14.4 Å². The normalized spacial score (nSPS) is 19.2. The molecule has 1 aliphatic rings. The first-order valence-electron chi connectivity index (χ1n) is 7.13. The lowest BCUT2D eigenvalue weighted by molar-refractivity contribution is -0.147. The quantitative estimate of drug-likeness (QED) is 0.484. The molecule has 0 fully saturated rings. The van der Waals surface area contributed by atoms with Crippen molar-refractivity contribution in [2.45, 2.75) is 39.9 Å². The van der Waals surface area contributed by atoms with Crippen LogP contribution in [0.2, 0.25) is 0 Å². The van der Waals surface area contributed by atoms with Gasteiger partial charge in [-0.2, -0.15) is 0 Å². The van der Waals surface area contributed by atoms with Crippen LogP contribution in [0.1, 0.15) is 51.0 Å². The van der Waals surface area contributed by atoms with Crippen molar-refractivity contribution in [2.75, 3.05) is 0 Å². The predicted molar refractivity (Wildman–Crippen MR) is 80.5 cm³/mol. The summed E-state index contributed by atoms with van der Waals surface area (Å²) in [6.45, 7) is 5.69. The number of carbonyl (C=O) groups is 3. The van der Waals surface area contributed by atoms with E-state index in [0.717, 1.165) is 5.57 Å². The molecule has 0 aromatic heterocycles. The zero-order valence-electron chi connectivity index (χ0n) is 13.4. The van der Waals surface area contributed by atoms with Gasteiger partial charge in [-0.25, -0.2) is 0 Å². The number of hydrogen-bond acceptors (Lipinski definition) is 6. The topological polar surface area (TPSA) is 78.9 Å². The third kappa shape index (κ3) is 3.77. The average Bonchev–Trinajstić information content (AvgIpc) is 2.41. The van der Waals surface area contributed by atoms with Crippen LogP contribution in [-0.4, -0.2) is 17.9 Å². The first kappa shape index (κ1) is 16.7. The highest BCUT2D eigenvalue weighted by molar-refractivity contribution is 5.72. The molecule has 2 atom stereocenters. The van der Waals surface area contributed by atoms with Crippen LogP contribution >= 0.6 is 0 Å². The van der Waals surface area contributed by atoms with Crippen LogP contribution in [0, 0.1) is 0 Å². The van der Waals surface area contributed by atoms with Crippen LogP contribution in [0.15, 0.2) is 29.8 Å². The Bertz CT molecular complexity index is 688. The molecule has 0 saturated heterocycles. The highest BCUT2D eigenvalue weighted by Gasteiger charge is 2.33. The number of benzene rings is 1. The molecule has 23 heavy (non-hydrogen) atoms. The van der Waals surface area contributed by atoms with Gasteiger partial charge < -0.3 is 14.2 Å². The first-order chi connectivity index (χ1) is 10.8. The van der Waals surface area contributed by atoms with Crippen LogP contribution in [0.3, 0.4) is 0 Å². The smallest absolute Gasteiger partial charge is 0.308 e. The van der Waals surface area contributed by atoms with Gasteiger partial charge in [0.1, 0.15) is 18.0 Å². The second-order valence-corrected chi connectivity index (χ2v) is 5.28. The number of ether oxygens (including phenoxy) is 3. The van der Waals surface area contributed by atoms with Crippen molar-refractivity contribution in [3.05, 3.63) is 41.0 Å². The monoisotopic (exact) mass is 318 g/mol. The summed E-state index contributed by atoms with van der Waals surface area (Å²) in [6, 6.07) is 5.05. The molecule has 0 bridgehead atoms. The van der Waals surface area contributed by atoms with Crippen LogP contribution in [0.4, 0.5) is 0 Å². The molecule has 2 rings (SSSR count). The van der Waals surface area contributed by atoms with Gasteiger partial charge in [-0.15, -0.1) is 0 Å². The molecule has 0 radical (unpaired) electrons. The van der Waals surface area contributed by atoms with Crippen molar-refractivity contribution in [1.82, 2.24) is 0 Å². The van der Waals surface area contributed by atoms with Crippen molar-refractivity contribution in [3.8, 4) is 5.75 Å². The van der Waals surface area contributed by atoms with Gasteiger partial charge in [0.05, 0.1) is 0 Å². The average molecular weight is 318 g/mol. The molecule has 0 aliphatic heterocycles. The number of hydrogen-bond donors (Lipinski definition) is 0. The molecule has 1 aliphatic carbocycles. The lowest BCUT2D eigenvalue weighted by atomic mass is 9.87. The fraction of sp³-hybridized carbons (Fsp3) is 0.353. The Balaban J connectivity index is 2.57. The largest absolute Gasteiger partial charge is 0.453 e. The minimum Gasteiger partial charge on any atom is -0.453 e. The Morgan fingerprint density at radius 1 is 0.957 bits per heavy atom. The molecule has 1 aromatic rings. The Hall–Kier alpha value is -2.63. The minimum absolute atomic E-state index is 0.280. The highest BCUT2D eigenvalue weighted by atomic mass is 16.6. The zero-order valence-corrected chi connectivity index (χ0v) is 13.4. The Kier molecular flexibility index (Phi) is 4.83. The molecule has 0 heterocycles. The fourth-order valence-corrected chi connectivity index (χ4v) is 2.59. The summed E-state index contributed by atoms with van der Waals surface area (Å²) in [5.74, 6) is -1.11. The van der Waals surface area contributed by atoms with Crippen molar-refractivity contribution in [3.63, 3.8) is 0 Å². The molecule has 0 N–H and O–H groups in total. The lowest BCUT2D eigenvalue weighted by Gasteiger charge is -2.30. The van der Waals surface area contributed by atoms with Gasteiger partial charge in [0, 0.05) is 31.9 Å². The zero-order chi connectivity index (χ0) is 17.1. The summed E-state index contributed by atoms with van der Waals surface area (Å²) < 4.78 is 15.9. The Morgan fingerprint density at radius 3 is 2.17 bits per heavy atom. The van der Waals surface area contributed by atoms with Crippen LogP contribution < -0.4 is 4.74 Å². The summed E-state index contributed by atoms with van der Waals surface area (Å²) in [7, 11) is 0. The molecule has 0 saturated carbocycles. The van der Waals surface area contributed by atoms with Gasteiger partial charge in [0.15, 0.2) is 0 Å².